The van der Waals surface area contributed by atoms with Gasteiger partial charge < -0.3 is 0 Å². The van der Waals surface area contributed by atoms with Crippen LogP contribution in [0.2, 0.25) is 6.04 Å². The minimum absolute atomic E-state index is 0.450. The first-order chi connectivity index (χ1) is 9.17. The zero-order chi connectivity index (χ0) is 13.7. The number of rotatable bonds is 5. The molecular weight excluding hydrogens is 258 g/mol. The Labute approximate surface area is 117 Å². The van der Waals surface area contributed by atoms with E-state index in [0.717, 1.165) is 29.1 Å². The van der Waals surface area contributed by atoms with E-state index in [1.165, 1.54) is 50.7 Å². The van der Waals surface area contributed by atoms with Gasteiger partial charge in [0.15, 0.2) is 0 Å². The van der Waals surface area contributed by atoms with Crippen molar-refractivity contribution in [1.82, 2.24) is 0 Å². The van der Waals surface area contributed by atoms with Gasteiger partial charge in [0.1, 0.15) is 11.6 Å². The predicted octanol–water partition coefficient (Wildman–Crippen LogP) is 4.32. The molecule has 0 bridgehead atoms. The van der Waals surface area contributed by atoms with Gasteiger partial charge in [-0.2, -0.15) is 0 Å². The molecule has 2 rings (SSSR count). The van der Waals surface area contributed by atoms with Gasteiger partial charge in [0.25, 0.3) is 0 Å². The van der Waals surface area contributed by atoms with Crippen molar-refractivity contribution in [1.29, 1.82) is 0 Å². The molecule has 0 unspecified atom stereocenters. The molecule has 0 spiro atoms. The van der Waals surface area contributed by atoms with Gasteiger partial charge in [-0.15, -0.1) is 0 Å². The van der Waals surface area contributed by atoms with Crippen LogP contribution in [0.25, 0.3) is 0 Å². The van der Waals surface area contributed by atoms with Gasteiger partial charge >= 0.3 is 0 Å². The number of halogens is 2. The standard InChI is InChI=1S/C16H22F2Si/c1-2-3-12-4-6-13(7-5-12)11-19-16-9-14(17)8-15(18)10-16/h8-10,12-13H,2-7,11H2,1H3. The quantitative estimate of drug-likeness (QED) is 0.705. The van der Waals surface area contributed by atoms with Crippen molar-refractivity contribution in [2.75, 3.05) is 0 Å². The number of benzene rings is 1. The van der Waals surface area contributed by atoms with Gasteiger partial charge in [-0.05, 0) is 24.0 Å². The second-order valence-electron chi connectivity index (χ2n) is 5.71. The topological polar surface area (TPSA) is 0 Å². The fraction of sp³-hybridized carbons (Fsp3) is 0.625. The molecule has 2 radical (unpaired) electrons. The Morgan fingerprint density at radius 3 is 2.16 bits per heavy atom. The van der Waals surface area contributed by atoms with Crippen LogP contribution in [0.3, 0.4) is 0 Å². The highest BCUT2D eigenvalue weighted by Crippen LogP contribution is 2.33. The van der Waals surface area contributed by atoms with E-state index in [1.54, 1.807) is 0 Å². The van der Waals surface area contributed by atoms with E-state index in [2.05, 4.69) is 6.92 Å². The Balaban J connectivity index is 1.77. The first-order valence-corrected chi connectivity index (χ1v) is 8.58. The summed E-state index contributed by atoms with van der Waals surface area (Å²) in [5.74, 6) is 0.789. The third-order valence-electron chi connectivity index (χ3n) is 4.12. The van der Waals surface area contributed by atoms with Crippen LogP contribution in [-0.4, -0.2) is 9.52 Å². The monoisotopic (exact) mass is 280 g/mol. The third-order valence-corrected chi connectivity index (χ3v) is 5.60. The van der Waals surface area contributed by atoms with Crippen molar-refractivity contribution in [3.63, 3.8) is 0 Å². The molecule has 1 saturated carbocycles. The summed E-state index contributed by atoms with van der Waals surface area (Å²) >= 11 is 0. The molecule has 1 aliphatic carbocycles. The molecule has 1 aromatic carbocycles. The van der Waals surface area contributed by atoms with Crippen LogP contribution in [0.15, 0.2) is 18.2 Å². The van der Waals surface area contributed by atoms with Crippen LogP contribution in [0, 0.1) is 23.5 Å². The average Bonchev–Trinajstić information content (AvgIpc) is 2.37. The smallest absolute Gasteiger partial charge is 0.125 e. The summed E-state index contributed by atoms with van der Waals surface area (Å²) in [5.41, 5.74) is 0. The summed E-state index contributed by atoms with van der Waals surface area (Å²) < 4.78 is 26.2. The summed E-state index contributed by atoms with van der Waals surface area (Å²) in [6.45, 7) is 2.26. The molecule has 0 saturated heterocycles. The first kappa shape index (κ1) is 14.7. The van der Waals surface area contributed by atoms with Crippen molar-refractivity contribution >= 4 is 14.7 Å². The van der Waals surface area contributed by atoms with E-state index in [0.29, 0.717) is 9.52 Å². The molecule has 0 amide bonds. The lowest BCUT2D eigenvalue weighted by atomic mass is 9.81. The summed E-state index contributed by atoms with van der Waals surface area (Å²) in [5, 5.41) is 0.827. The van der Waals surface area contributed by atoms with Gasteiger partial charge in [-0.1, -0.05) is 56.7 Å². The summed E-state index contributed by atoms with van der Waals surface area (Å²) in [4.78, 5) is 0. The molecule has 0 nitrogen and oxygen atoms in total. The van der Waals surface area contributed by atoms with Crippen molar-refractivity contribution < 1.29 is 8.78 Å². The predicted molar refractivity (Wildman–Crippen MR) is 76.9 cm³/mol. The van der Waals surface area contributed by atoms with Crippen LogP contribution in [-0.2, 0) is 0 Å². The maximum atomic E-state index is 13.1. The minimum Gasteiger partial charge on any atom is -0.207 e. The molecule has 1 aromatic rings. The van der Waals surface area contributed by atoms with Crippen LogP contribution < -0.4 is 5.19 Å². The Kier molecular flexibility index (Phi) is 5.55. The van der Waals surface area contributed by atoms with E-state index >= 15 is 0 Å². The van der Waals surface area contributed by atoms with E-state index in [1.807, 2.05) is 0 Å². The number of hydrogen-bond donors (Lipinski definition) is 0. The molecule has 0 heterocycles. The van der Waals surface area contributed by atoms with Crippen LogP contribution >= 0.6 is 0 Å². The Hall–Kier alpha value is -0.703. The molecule has 104 valence electrons. The van der Waals surface area contributed by atoms with Gasteiger partial charge in [0.05, 0.1) is 9.52 Å². The maximum absolute atomic E-state index is 13.1. The zero-order valence-corrected chi connectivity index (χ0v) is 12.6. The maximum Gasteiger partial charge on any atom is 0.125 e. The lowest BCUT2D eigenvalue weighted by Crippen LogP contribution is -2.21. The molecule has 1 fully saturated rings. The highest BCUT2D eigenvalue weighted by molar-refractivity contribution is 6.53. The van der Waals surface area contributed by atoms with Crippen molar-refractivity contribution in [2.45, 2.75) is 51.5 Å². The second-order valence-corrected chi connectivity index (χ2v) is 7.05. The molecule has 0 aliphatic heterocycles. The van der Waals surface area contributed by atoms with Gasteiger partial charge in [0.2, 0.25) is 0 Å². The number of hydrogen-bond acceptors (Lipinski definition) is 0. The van der Waals surface area contributed by atoms with E-state index in [-0.39, 0.29) is 0 Å². The Morgan fingerprint density at radius 1 is 1.00 bits per heavy atom. The molecule has 0 N–H and O–H groups in total. The Bertz CT molecular complexity index is 377. The lowest BCUT2D eigenvalue weighted by Gasteiger charge is -2.28. The first-order valence-electron chi connectivity index (χ1n) is 7.37. The SMILES string of the molecule is CCCC1CCC(C[Si]c2cc(F)cc(F)c2)CC1. The molecule has 0 aromatic heterocycles. The van der Waals surface area contributed by atoms with Crippen LogP contribution in [0.1, 0.15) is 45.4 Å². The van der Waals surface area contributed by atoms with Crippen molar-refractivity contribution in [3.05, 3.63) is 29.8 Å². The summed E-state index contributed by atoms with van der Waals surface area (Å²) in [6.07, 6.45) is 7.95. The zero-order valence-electron chi connectivity index (χ0n) is 11.6. The molecular formula is C16H22F2Si. The highest BCUT2D eigenvalue weighted by atomic mass is 28.2. The molecule has 1 aliphatic rings. The molecule has 19 heavy (non-hydrogen) atoms. The van der Waals surface area contributed by atoms with Crippen molar-refractivity contribution in [3.8, 4) is 0 Å². The van der Waals surface area contributed by atoms with Gasteiger partial charge in [-0.3, -0.25) is 0 Å². The third kappa shape index (κ3) is 4.72. The second kappa shape index (κ2) is 7.18. The molecule has 3 heteroatoms. The van der Waals surface area contributed by atoms with E-state index < -0.39 is 11.6 Å². The fourth-order valence-electron chi connectivity index (χ4n) is 3.05. The highest BCUT2D eigenvalue weighted by Gasteiger charge is 2.20. The molecule has 0 atom stereocenters. The van der Waals surface area contributed by atoms with Gasteiger partial charge in [-0.25, -0.2) is 8.78 Å². The van der Waals surface area contributed by atoms with E-state index in [4.69, 9.17) is 0 Å². The van der Waals surface area contributed by atoms with E-state index in [9.17, 15) is 8.78 Å². The lowest BCUT2D eigenvalue weighted by molar-refractivity contribution is 0.276. The van der Waals surface area contributed by atoms with Crippen molar-refractivity contribution in [2.24, 2.45) is 11.8 Å². The summed E-state index contributed by atoms with van der Waals surface area (Å²) in [7, 11) is 0.541. The fourth-order valence-corrected chi connectivity index (χ4v) is 4.46. The van der Waals surface area contributed by atoms with Gasteiger partial charge in [0, 0.05) is 6.07 Å². The largest absolute Gasteiger partial charge is 0.207 e. The Morgan fingerprint density at radius 2 is 1.58 bits per heavy atom. The normalized spacial score (nSPS) is 23.5. The average molecular weight is 280 g/mol. The van der Waals surface area contributed by atoms with Crippen LogP contribution in [0.5, 0.6) is 0 Å². The minimum atomic E-state index is -0.450. The van der Waals surface area contributed by atoms with Crippen LogP contribution in [0.4, 0.5) is 8.78 Å². The summed E-state index contributed by atoms with van der Waals surface area (Å²) in [6, 6.07) is 5.00.